The summed E-state index contributed by atoms with van der Waals surface area (Å²) in [6, 6.07) is 17.0. The maximum Gasteiger partial charge on any atom is 0.274 e. The molecule has 6 heteroatoms. The molecule has 3 aromatic rings. The Labute approximate surface area is 170 Å². The second-order valence-electron chi connectivity index (χ2n) is 6.96. The molecule has 0 aliphatic heterocycles. The molecule has 1 aliphatic carbocycles. The monoisotopic (exact) mass is 391 g/mol. The molecule has 0 saturated heterocycles. The Balaban J connectivity index is 1.62. The van der Waals surface area contributed by atoms with Gasteiger partial charge in [-0.25, -0.2) is 4.68 Å². The Morgan fingerprint density at radius 2 is 1.76 bits per heavy atom. The zero-order valence-electron chi connectivity index (χ0n) is 16.7. The fraction of sp³-hybridized carbons (Fsp3) is 0.304. The van der Waals surface area contributed by atoms with Crippen LogP contribution in [0.5, 0.6) is 11.5 Å². The zero-order valence-corrected chi connectivity index (χ0v) is 16.7. The van der Waals surface area contributed by atoms with Crippen LogP contribution in [-0.4, -0.2) is 28.9 Å². The highest BCUT2D eigenvalue weighted by atomic mass is 16.5. The van der Waals surface area contributed by atoms with Gasteiger partial charge in [-0.15, -0.1) is 0 Å². The third-order valence-electron chi connectivity index (χ3n) is 4.76. The summed E-state index contributed by atoms with van der Waals surface area (Å²) < 4.78 is 13.0. The van der Waals surface area contributed by atoms with Gasteiger partial charge in [-0.1, -0.05) is 18.2 Å². The number of para-hydroxylation sites is 1. The van der Waals surface area contributed by atoms with Crippen molar-refractivity contribution in [3.05, 3.63) is 66.0 Å². The van der Waals surface area contributed by atoms with E-state index in [0.717, 1.165) is 24.2 Å². The number of rotatable bonds is 8. The fourth-order valence-electron chi connectivity index (χ4n) is 3.23. The lowest BCUT2D eigenvalue weighted by Crippen LogP contribution is -2.17. The summed E-state index contributed by atoms with van der Waals surface area (Å²) in [6.07, 6.45) is 2.26. The molecule has 1 aliphatic rings. The van der Waals surface area contributed by atoms with E-state index in [1.54, 1.807) is 10.7 Å². The van der Waals surface area contributed by atoms with Crippen LogP contribution in [0, 0.1) is 0 Å². The van der Waals surface area contributed by atoms with Crippen molar-refractivity contribution < 1.29 is 14.3 Å². The number of benzene rings is 2. The third-order valence-corrected chi connectivity index (χ3v) is 4.76. The Kier molecular flexibility index (Phi) is 5.51. The van der Waals surface area contributed by atoms with E-state index in [-0.39, 0.29) is 5.91 Å². The quantitative estimate of drug-likeness (QED) is 0.599. The molecule has 1 aromatic heterocycles. The van der Waals surface area contributed by atoms with Crippen LogP contribution in [0.25, 0.3) is 5.69 Å². The van der Waals surface area contributed by atoms with Crippen molar-refractivity contribution in [2.24, 2.45) is 0 Å². The first-order chi connectivity index (χ1) is 14.2. The van der Waals surface area contributed by atoms with E-state index in [9.17, 15) is 4.79 Å². The van der Waals surface area contributed by atoms with Crippen LogP contribution in [0.2, 0.25) is 0 Å². The predicted molar refractivity (Wildman–Crippen MR) is 112 cm³/mol. The van der Waals surface area contributed by atoms with Gasteiger partial charge >= 0.3 is 0 Å². The molecular formula is C23H25N3O3. The topological polar surface area (TPSA) is 65.4 Å². The molecule has 4 rings (SSSR count). The molecule has 150 valence electrons. The lowest BCUT2D eigenvalue weighted by molar-refractivity contribution is 0.101. The molecule has 1 N–H and O–H groups in total. The van der Waals surface area contributed by atoms with Crippen molar-refractivity contribution in [2.45, 2.75) is 32.6 Å². The summed E-state index contributed by atoms with van der Waals surface area (Å²) >= 11 is 0. The maximum absolute atomic E-state index is 13.1. The van der Waals surface area contributed by atoms with Crippen molar-refractivity contribution in [2.75, 3.05) is 18.5 Å². The Morgan fingerprint density at radius 3 is 2.45 bits per heavy atom. The summed E-state index contributed by atoms with van der Waals surface area (Å²) in [4.78, 5) is 13.1. The molecule has 6 nitrogen and oxygen atoms in total. The lowest BCUT2D eigenvalue weighted by atomic mass is 10.2. The van der Waals surface area contributed by atoms with E-state index < -0.39 is 0 Å². The minimum Gasteiger partial charge on any atom is -0.490 e. The molecular weight excluding hydrogens is 366 g/mol. The minimum atomic E-state index is -0.208. The number of amides is 1. The van der Waals surface area contributed by atoms with Gasteiger partial charge in [0.05, 0.1) is 24.6 Å². The van der Waals surface area contributed by atoms with Gasteiger partial charge in [0.2, 0.25) is 0 Å². The molecule has 0 unspecified atom stereocenters. The number of aromatic nitrogens is 2. The van der Waals surface area contributed by atoms with Gasteiger partial charge in [0.25, 0.3) is 5.91 Å². The van der Waals surface area contributed by atoms with Gasteiger partial charge < -0.3 is 14.8 Å². The van der Waals surface area contributed by atoms with E-state index in [1.807, 2.05) is 62.4 Å². The lowest BCUT2D eigenvalue weighted by Gasteiger charge is -2.13. The molecule has 1 heterocycles. The zero-order chi connectivity index (χ0) is 20.2. The van der Waals surface area contributed by atoms with E-state index in [1.165, 1.54) is 0 Å². The molecule has 1 fully saturated rings. The van der Waals surface area contributed by atoms with E-state index in [0.29, 0.717) is 42.0 Å². The molecule has 1 saturated carbocycles. The van der Waals surface area contributed by atoms with E-state index in [4.69, 9.17) is 14.6 Å². The number of anilines is 1. The average molecular weight is 391 g/mol. The number of ether oxygens (including phenoxy) is 2. The first-order valence-corrected chi connectivity index (χ1v) is 10.1. The van der Waals surface area contributed by atoms with Crippen LogP contribution in [-0.2, 0) is 0 Å². The van der Waals surface area contributed by atoms with Crippen LogP contribution in [0.4, 0.5) is 5.69 Å². The normalized spacial score (nSPS) is 13.2. The summed E-state index contributed by atoms with van der Waals surface area (Å²) in [5.41, 5.74) is 3.01. The molecule has 1 amide bonds. The number of nitrogens with one attached hydrogen (secondary N) is 1. The first-order valence-electron chi connectivity index (χ1n) is 10.1. The van der Waals surface area contributed by atoms with Gasteiger partial charge in [0.1, 0.15) is 5.69 Å². The van der Waals surface area contributed by atoms with Crippen LogP contribution < -0.4 is 14.8 Å². The van der Waals surface area contributed by atoms with Crippen LogP contribution in [0.1, 0.15) is 48.8 Å². The SMILES string of the molecule is CCOc1ccc(NC(=O)c2cc(C3CC3)nn2-c2ccccc2)cc1OCC. The minimum absolute atomic E-state index is 0.208. The molecule has 0 radical (unpaired) electrons. The van der Waals surface area contributed by atoms with Gasteiger partial charge in [-0.3, -0.25) is 4.79 Å². The number of nitrogens with zero attached hydrogens (tertiary/aromatic N) is 2. The third kappa shape index (κ3) is 4.26. The highest BCUT2D eigenvalue weighted by molar-refractivity contribution is 6.03. The number of hydrogen-bond acceptors (Lipinski definition) is 4. The summed E-state index contributed by atoms with van der Waals surface area (Å²) in [5, 5.41) is 7.68. The van der Waals surface area contributed by atoms with Gasteiger partial charge in [0.15, 0.2) is 11.5 Å². The number of carbonyl (C=O) groups excluding carboxylic acids is 1. The fourth-order valence-corrected chi connectivity index (χ4v) is 3.23. The average Bonchev–Trinajstić information content (AvgIpc) is 3.49. The molecule has 29 heavy (non-hydrogen) atoms. The van der Waals surface area contributed by atoms with E-state index >= 15 is 0 Å². The Hall–Kier alpha value is -3.28. The van der Waals surface area contributed by atoms with Crippen molar-refractivity contribution in [3.63, 3.8) is 0 Å². The standard InChI is InChI=1S/C23H25N3O3/c1-3-28-21-13-12-17(14-22(21)29-4-2)24-23(27)20-15-19(16-10-11-16)25-26(20)18-8-6-5-7-9-18/h5-9,12-16H,3-4,10-11H2,1-2H3,(H,24,27). The first kappa shape index (κ1) is 19.1. The van der Waals surface area contributed by atoms with E-state index in [2.05, 4.69) is 5.32 Å². The second-order valence-corrected chi connectivity index (χ2v) is 6.96. The van der Waals surface area contributed by atoms with Gasteiger partial charge in [-0.2, -0.15) is 5.10 Å². The maximum atomic E-state index is 13.1. The molecule has 0 spiro atoms. The smallest absolute Gasteiger partial charge is 0.274 e. The number of carbonyl (C=O) groups is 1. The van der Waals surface area contributed by atoms with Gasteiger partial charge in [0, 0.05) is 17.7 Å². The predicted octanol–water partition coefficient (Wildman–Crippen LogP) is 4.80. The summed E-state index contributed by atoms with van der Waals surface area (Å²) in [5.74, 6) is 1.53. The highest BCUT2D eigenvalue weighted by Gasteiger charge is 2.29. The van der Waals surface area contributed by atoms with Crippen molar-refractivity contribution in [3.8, 4) is 17.2 Å². The van der Waals surface area contributed by atoms with Crippen molar-refractivity contribution in [1.82, 2.24) is 9.78 Å². The molecule has 2 aromatic carbocycles. The molecule has 0 bridgehead atoms. The molecule has 0 atom stereocenters. The van der Waals surface area contributed by atoms with Crippen molar-refractivity contribution >= 4 is 11.6 Å². The highest BCUT2D eigenvalue weighted by Crippen LogP contribution is 2.40. The van der Waals surface area contributed by atoms with Gasteiger partial charge in [-0.05, 0) is 57.0 Å². The number of hydrogen-bond donors (Lipinski definition) is 1. The Bertz CT molecular complexity index is 994. The Morgan fingerprint density at radius 1 is 1.03 bits per heavy atom. The summed E-state index contributed by atoms with van der Waals surface area (Å²) in [7, 11) is 0. The van der Waals surface area contributed by atoms with Crippen LogP contribution in [0.3, 0.4) is 0 Å². The van der Waals surface area contributed by atoms with Crippen LogP contribution >= 0.6 is 0 Å². The van der Waals surface area contributed by atoms with Crippen molar-refractivity contribution in [1.29, 1.82) is 0 Å². The second kappa shape index (κ2) is 8.39. The van der Waals surface area contributed by atoms with Crippen LogP contribution in [0.15, 0.2) is 54.6 Å². The largest absolute Gasteiger partial charge is 0.490 e. The summed E-state index contributed by atoms with van der Waals surface area (Å²) in [6.45, 7) is 4.90.